The molecule has 1 amide bonds. The Bertz CT molecular complexity index is 538. The van der Waals surface area contributed by atoms with Gasteiger partial charge in [0.15, 0.2) is 0 Å². The van der Waals surface area contributed by atoms with Gasteiger partial charge in [0.2, 0.25) is 0 Å². The zero-order valence-electron chi connectivity index (χ0n) is 11.6. The van der Waals surface area contributed by atoms with Crippen LogP contribution < -0.4 is 10.6 Å². The van der Waals surface area contributed by atoms with Crippen LogP contribution in [-0.2, 0) is 6.18 Å². The van der Waals surface area contributed by atoms with Crippen LogP contribution in [0.5, 0.6) is 0 Å². The van der Waals surface area contributed by atoms with Crippen LogP contribution in [0.1, 0.15) is 36.2 Å². The summed E-state index contributed by atoms with van der Waals surface area (Å²) in [6, 6.07) is 3.63. The van der Waals surface area contributed by atoms with E-state index < -0.39 is 17.6 Å². The molecule has 3 nitrogen and oxygen atoms in total. The first kappa shape index (κ1) is 14.7. The van der Waals surface area contributed by atoms with E-state index in [0.29, 0.717) is 0 Å². The Kier molecular flexibility index (Phi) is 3.44. The zero-order valence-corrected chi connectivity index (χ0v) is 11.6. The first-order valence-electron chi connectivity index (χ1n) is 6.35. The molecule has 6 heteroatoms. The molecule has 1 aromatic rings. The predicted molar refractivity (Wildman–Crippen MR) is 70.6 cm³/mol. The first-order valence-corrected chi connectivity index (χ1v) is 6.35. The van der Waals surface area contributed by atoms with E-state index >= 15 is 0 Å². The molecule has 1 aliphatic rings. The molecule has 0 radical (unpaired) electrons. The number of rotatable bonds is 3. The Morgan fingerprint density at radius 3 is 2.40 bits per heavy atom. The largest absolute Gasteiger partial charge is 0.418 e. The zero-order chi connectivity index (χ0) is 15.1. The van der Waals surface area contributed by atoms with E-state index in [1.807, 2.05) is 13.8 Å². The summed E-state index contributed by atoms with van der Waals surface area (Å²) in [5.41, 5.74) is -0.972. The van der Waals surface area contributed by atoms with Crippen LogP contribution in [-0.4, -0.2) is 19.0 Å². The number of alkyl halides is 3. The summed E-state index contributed by atoms with van der Waals surface area (Å²) in [5, 5.41) is 5.25. The van der Waals surface area contributed by atoms with Gasteiger partial charge in [0, 0.05) is 13.1 Å². The highest BCUT2D eigenvalue weighted by Gasteiger charge is 2.47. The second kappa shape index (κ2) is 4.68. The fourth-order valence-corrected chi connectivity index (χ4v) is 2.20. The Morgan fingerprint density at radius 2 is 1.95 bits per heavy atom. The molecule has 110 valence electrons. The lowest BCUT2D eigenvalue weighted by molar-refractivity contribution is -0.136. The number of hydrogen-bond donors (Lipinski definition) is 2. The van der Waals surface area contributed by atoms with Gasteiger partial charge in [0.05, 0.1) is 16.8 Å². The number of nitrogens with one attached hydrogen (secondary N) is 2. The lowest BCUT2D eigenvalue weighted by atomic mass is 10.1. The third kappa shape index (κ3) is 2.73. The van der Waals surface area contributed by atoms with Crippen molar-refractivity contribution < 1.29 is 18.0 Å². The highest BCUT2D eigenvalue weighted by molar-refractivity contribution is 6.00. The van der Waals surface area contributed by atoms with Gasteiger partial charge in [-0.1, -0.05) is 19.9 Å². The number of carbonyl (C=O) groups is 1. The Labute approximate surface area is 115 Å². The minimum absolute atomic E-state index is 0.0185. The number of carbonyl (C=O) groups excluding carboxylic acids is 1. The van der Waals surface area contributed by atoms with Crippen LogP contribution >= 0.6 is 0 Å². The van der Waals surface area contributed by atoms with E-state index in [-0.39, 0.29) is 22.7 Å². The van der Waals surface area contributed by atoms with Crippen molar-refractivity contribution in [2.24, 2.45) is 5.41 Å². The van der Waals surface area contributed by atoms with E-state index in [1.165, 1.54) is 19.2 Å². The van der Waals surface area contributed by atoms with Gasteiger partial charge in [-0.2, -0.15) is 13.2 Å². The molecule has 0 saturated heterocycles. The summed E-state index contributed by atoms with van der Waals surface area (Å²) in [7, 11) is 1.38. The quantitative estimate of drug-likeness (QED) is 0.895. The molecule has 1 atom stereocenters. The number of benzene rings is 1. The molecule has 1 fully saturated rings. The molecule has 0 bridgehead atoms. The smallest absolute Gasteiger partial charge is 0.387 e. The standard InChI is InChI=1S/C14H17F3N2O/c1-13(2)7-10(13)19-12(20)8-5-4-6-9(11(8)18-3)14(15,16)17/h4-6,10,18H,7H2,1-3H3,(H,19,20). The summed E-state index contributed by atoms with van der Waals surface area (Å²) < 4.78 is 38.7. The summed E-state index contributed by atoms with van der Waals surface area (Å²) in [6.07, 6.45) is -3.65. The second-order valence-electron chi connectivity index (χ2n) is 5.69. The van der Waals surface area contributed by atoms with E-state index in [1.54, 1.807) is 0 Å². The predicted octanol–water partition coefficient (Wildman–Crippen LogP) is 3.28. The summed E-state index contributed by atoms with van der Waals surface area (Å²) >= 11 is 0. The number of halogens is 3. The van der Waals surface area contributed by atoms with E-state index in [2.05, 4.69) is 10.6 Å². The van der Waals surface area contributed by atoms with Crippen LogP contribution in [0.3, 0.4) is 0 Å². The van der Waals surface area contributed by atoms with Crippen molar-refractivity contribution in [1.82, 2.24) is 5.32 Å². The maximum absolute atomic E-state index is 12.9. The van der Waals surface area contributed by atoms with E-state index in [4.69, 9.17) is 0 Å². The SMILES string of the molecule is CNc1c(C(=O)NC2CC2(C)C)cccc1C(F)(F)F. The lowest BCUT2D eigenvalue weighted by Gasteiger charge is -2.16. The van der Waals surface area contributed by atoms with Crippen molar-refractivity contribution in [3.8, 4) is 0 Å². The average Bonchev–Trinajstić information content (AvgIpc) is 2.94. The van der Waals surface area contributed by atoms with Gasteiger partial charge < -0.3 is 10.6 Å². The van der Waals surface area contributed by atoms with Crippen LogP contribution in [0.25, 0.3) is 0 Å². The van der Waals surface area contributed by atoms with E-state index in [9.17, 15) is 18.0 Å². The Balaban J connectivity index is 2.30. The number of anilines is 1. The third-order valence-corrected chi connectivity index (χ3v) is 3.68. The van der Waals surface area contributed by atoms with Crippen molar-refractivity contribution >= 4 is 11.6 Å². The molecule has 2 rings (SSSR count). The van der Waals surface area contributed by atoms with Crippen LogP contribution in [0.4, 0.5) is 18.9 Å². The van der Waals surface area contributed by atoms with Crippen molar-refractivity contribution in [3.63, 3.8) is 0 Å². The summed E-state index contributed by atoms with van der Waals surface area (Å²) in [4.78, 5) is 12.1. The van der Waals surface area contributed by atoms with Crippen molar-refractivity contribution in [2.75, 3.05) is 12.4 Å². The van der Waals surface area contributed by atoms with Gasteiger partial charge in [-0.05, 0) is 24.0 Å². The highest BCUT2D eigenvalue weighted by atomic mass is 19.4. The molecule has 20 heavy (non-hydrogen) atoms. The summed E-state index contributed by atoms with van der Waals surface area (Å²) in [5.74, 6) is -0.476. The van der Waals surface area contributed by atoms with Crippen molar-refractivity contribution in [1.29, 1.82) is 0 Å². The van der Waals surface area contributed by atoms with Crippen LogP contribution in [0, 0.1) is 5.41 Å². The minimum Gasteiger partial charge on any atom is -0.387 e. The minimum atomic E-state index is -4.49. The van der Waals surface area contributed by atoms with Crippen LogP contribution in [0.2, 0.25) is 0 Å². The molecule has 0 aliphatic heterocycles. The Morgan fingerprint density at radius 1 is 1.35 bits per heavy atom. The molecule has 0 aromatic heterocycles. The second-order valence-corrected chi connectivity index (χ2v) is 5.69. The molecule has 2 N–H and O–H groups in total. The van der Waals surface area contributed by atoms with Crippen molar-refractivity contribution in [3.05, 3.63) is 29.3 Å². The molecular weight excluding hydrogens is 269 g/mol. The average molecular weight is 286 g/mol. The maximum Gasteiger partial charge on any atom is 0.418 e. The topological polar surface area (TPSA) is 41.1 Å². The Hall–Kier alpha value is -1.72. The number of para-hydroxylation sites is 1. The van der Waals surface area contributed by atoms with Gasteiger partial charge in [-0.3, -0.25) is 4.79 Å². The maximum atomic E-state index is 12.9. The highest BCUT2D eigenvalue weighted by Crippen LogP contribution is 2.45. The van der Waals surface area contributed by atoms with Gasteiger partial charge in [0.25, 0.3) is 5.91 Å². The normalized spacial score (nSPS) is 20.4. The molecule has 0 heterocycles. The summed E-state index contributed by atoms with van der Waals surface area (Å²) in [6.45, 7) is 4.01. The van der Waals surface area contributed by atoms with E-state index in [0.717, 1.165) is 12.5 Å². The molecule has 1 aliphatic carbocycles. The monoisotopic (exact) mass is 286 g/mol. The molecule has 1 unspecified atom stereocenters. The van der Waals surface area contributed by atoms with Gasteiger partial charge >= 0.3 is 6.18 Å². The van der Waals surface area contributed by atoms with Gasteiger partial charge in [-0.25, -0.2) is 0 Å². The lowest BCUT2D eigenvalue weighted by Crippen LogP contribution is -2.29. The molecular formula is C14H17F3N2O. The van der Waals surface area contributed by atoms with Crippen molar-refractivity contribution in [2.45, 2.75) is 32.5 Å². The number of hydrogen-bond acceptors (Lipinski definition) is 2. The molecule has 0 spiro atoms. The molecule has 1 aromatic carbocycles. The first-order chi connectivity index (χ1) is 9.16. The van der Waals surface area contributed by atoms with Gasteiger partial charge in [-0.15, -0.1) is 0 Å². The fraction of sp³-hybridized carbons (Fsp3) is 0.500. The third-order valence-electron chi connectivity index (χ3n) is 3.68. The molecule has 1 saturated carbocycles. The fourth-order valence-electron chi connectivity index (χ4n) is 2.20. The van der Waals surface area contributed by atoms with Crippen LogP contribution in [0.15, 0.2) is 18.2 Å². The van der Waals surface area contributed by atoms with Gasteiger partial charge in [0.1, 0.15) is 0 Å². The number of amides is 1.